The molecule has 0 saturated heterocycles. The lowest BCUT2D eigenvalue weighted by molar-refractivity contribution is 0.840. The average molecular weight is 297 g/mol. The fourth-order valence-electron chi connectivity index (χ4n) is 2.55. The summed E-state index contributed by atoms with van der Waals surface area (Å²) in [7, 11) is 6.04. The van der Waals surface area contributed by atoms with E-state index in [0.717, 1.165) is 17.1 Å². The van der Waals surface area contributed by atoms with Crippen LogP contribution in [0.3, 0.4) is 0 Å². The first-order valence-corrected chi connectivity index (χ1v) is 7.10. The van der Waals surface area contributed by atoms with E-state index in [0.29, 0.717) is 12.2 Å². The van der Waals surface area contributed by atoms with E-state index in [-0.39, 0.29) is 5.56 Å². The van der Waals surface area contributed by atoms with Gasteiger partial charge in [-0.1, -0.05) is 12.1 Å². The number of benzene rings is 1. The van der Waals surface area contributed by atoms with Crippen LogP contribution in [0.4, 0.5) is 11.4 Å². The van der Waals surface area contributed by atoms with E-state index >= 15 is 0 Å². The molecule has 2 aromatic heterocycles. The minimum atomic E-state index is -0.0979. The second kappa shape index (κ2) is 5.55. The molecule has 2 heterocycles. The Morgan fingerprint density at radius 3 is 2.59 bits per heavy atom. The molecular formula is C16H19N5O. The molecule has 3 rings (SSSR count). The summed E-state index contributed by atoms with van der Waals surface area (Å²) in [6, 6.07) is 11.5. The van der Waals surface area contributed by atoms with E-state index in [2.05, 4.69) is 32.0 Å². The van der Waals surface area contributed by atoms with Gasteiger partial charge in [0.1, 0.15) is 0 Å². The number of nitrogens with one attached hydrogen (secondary N) is 1. The van der Waals surface area contributed by atoms with E-state index in [1.54, 1.807) is 18.3 Å². The van der Waals surface area contributed by atoms with Crippen LogP contribution >= 0.6 is 0 Å². The van der Waals surface area contributed by atoms with Gasteiger partial charge in [0.25, 0.3) is 5.56 Å². The van der Waals surface area contributed by atoms with Gasteiger partial charge < -0.3 is 9.80 Å². The summed E-state index contributed by atoms with van der Waals surface area (Å²) in [4.78, 5) is 20.7. The van der Waals surface area contributed by atoms with Crippen molar-refractivity contribution in [2.45, 2.75) is 6.54 Å². The van der Waals surface area contributed by atoms with Crippen LogP contribution in [0.15, 0.2) is 47.4 Å². The van der Waals surface area contributed by atoms with Gasteiger partial charge in [-0.3, -0.25) is 9.89 Å². The molecule has 0 spiro atoms. The first-order chi connectivity index (χ1) is 10.6. The smallest absolute Gasteiger partial charge is 0.272 e. The number of aromatic nitrogens is 3. The van der Waals surface area contributed by atoms with Gasteiger partial charge in [0.05, 0.1) is 23.6 Å². The number of rotatable bonds is 4. The monoisotopic (exact) mass is 297 g/mol. The van der Waals surface area contributed by atoms with Gasteiger partial charge in [-0.15, -0.1) is 0 Å². The fraction of sp³-hybridized carbons (Fsp3) is 0.250. The van der Waals surface area contributed by atoms with Crippen molar-refractivity contribution in [3.05, 3.63) is 58.6 Å². The van der Waals surface area contributed by atoms with Gasteiger partial charge >= 0.3 is 0 Å². The van der Waals surface area contributed by atoms with Crippen LogP contribution in [0.2, 0.25) is 0 Å². The first-order valence-electron chi connectivity index (χ1n) is 7.10. The van der Waals surface area contributed by atoms with Gasteiger partial charge in [-0.25, -0.2) is 9.50 Å². The second-order valence-corrected chi connectivity index (χ2v) is 5.48. The lowest BCUT2D eigenvalue weighted by Gasteiger charge is -2.25. The van der Waals surface area contributed by atoms with Crippen molar-refractivity contribution in [1.82, 2.24) is 14.6 Å². The normalized spacial score (nSPS) is 10.9. The summed E-state index contributed by atoms with van der Waals surface area (Å²) < 4.78 is 1.43. The van der Waals surface area contributed by atoms with Crippen molar-refractivity contribution in [3.63, 3.8) is 0 Å². The molecule has 3 aromatic rings. The molecule has 0 amide bonds. The van der Waals surface area contributed by atoms with Gasteiger partial charge in [-0.2, -0.15) is 0 Å². The summed E-state index contributed by atoms with van der Waals surface area (Å²) in [6.07, 6.45) is 1.71. The molecule has 6 nitrogen and oxygen atoms in total. The number of fused-ring (bicyclic) bond motifs is 1. The maximum atomic E-state index is 12.0. The number of anilines is 2. The Morgan fingerprint density at radius 2 is 1.86 bits per heavy atom. The number of hydrogen-bond acceptors (Lipinski definition) is 4. The number of para-hydroxylation sites is 2. The Balaban J connectivity index is 1.93. The van der Waals surface area contributed by atoms with Gasteiger partial charge in [-0.05, 0) is 12.1 Å². The Labute approximate surface area is 128 Å². The van der Waals surface area contributed by atoms with Gasteiger partial charge in [0, 0.05) is 39.5 Å². The topological polar surface area (TPSA) is 56.6 Å². The van der Waals surface area contributed by atoms with Crippen molar-refractivity contribution >= 4 is 17.0 Å². The highest BCUT2D eigenvalue weighted by atomic mass is 16.1. The van der Waals surface area contributed by atoms with E-state index in [4.69, 9.17) is 0 Å². The van der Waals surface area contributed by atoms with Crippen molar-refractivity contribution in [2.75, 3.05) is 30.9 Å². The molecule has 22 heavy (non-hydrogen) atoms. The quantitative estimate of drug-likeness (QED) is 0.797. The zero-order valence-electron chi connectivity index (χ0n) is 12.9. The molecule has 0 aliphatic carbocycles. The number of aromatic amines is 1. The van der Waals surface area contributed by atoms with E-state index in [1.807, 2.05) is 33.3 Å². The third kappa shape index (κ3) is 2.55. The molecule has 0 radical (unpaired) electrons. The highest BCUT2D eigenvalue weighted by Crippen LogP contribution is 2.27. The predicted octanol–water partition coefficient (Wildman–Crippen LogP) is 1.72. The van der Waals surface area contributed by atoms with Crippen molar-refractivity contribution in [1.29, 1.82) is 0 Å². The molecule has 1 aromatic carbocycles. The molecule has 0 aliphatic heterocycles. The van der Waals surface area contributed by atoms with Gasteiger partial charge in [0.15, 0.2) is 5.65 Å². The van der Waals surface area contributed by atoms with E-state index < -0.39 is 0 Å². The van der Waals surface area contributed by atoms with E-state index in [1.165, 1.54) is 4.52 Å². The maximum absolute atomic E-state index is 12.0. The van der Waals surface area contributed by atoms with Crippen LogP contribution in [0.5, 0.6) is 0 Å². The number of H-pyrrole nitrogens is 1. The third-order valence-corrected chi connectivity index (χ3v) is 3.61. The highest BCUT2D eigenvalue weighted by molar-refractivity contribution is 5.70. The SMILES string of the molecule is CN(C)c1ccccc1N(C)Cc1cc(=O)n2[nH]ccc2n1. The van der Waals surface area contributed by atoms with Crippen LogP contribution < -0.4 is 15.4 Å². The van der Waals surface area contributed by atoms with Crippen molar-refractivity contribution < 1.29 is 0 Å². The summed E-state index contributed by atoms with van der Waals surface area (Å²) in [5.74, 6) is 0. The molecule has 1 N–H and O–H groups in total. The molecule has 0 saturated carbocycles. The van der Waals surface area contributed by atoms with Crippen LogP contribution in [0, 0.1) is 0 Å². The number of hydrogen-bond donors (Lipinski definition) is 1. The maximum Gasteiger partial charge on any atom is 0.272 e. The predicted molar refractivity (Wildman–Crippen MR) is 88.7 cm³/mol. The Bertz CT molecular complexity index is 849. The van der Waals surface area contributed by atoms with E-state index in [9.17, 15) is 4.79 Å². The lowest BCUT2D eigenvalue weighted by Crippen LogP contribution is -2.23. The van der Waals surface area contributed by atoms with Crippen LogP contribution in [0.25, 0.3) is 5.65 Å². The average Bonchev–Trinajstić information content (AvgIpc) is 2.96. The zero-order valence-corrected chi connectivity index (χ0v) is 12.9. The molecule has 0 atom stereocenters. The highest BCUT2D eigenvalue weighted by Gasteiger charge is 2.11. The molecule has 0 fully saturated rings. The van der Waals surface area contributed by atoms with Gasteiger partial charge in [0.2, 0.25) is 0 Å². The molecule has 114 valence electrons. The fourth-order valence-corrected chi connectivity index (χ4v) is 2.55. The molecular weight excluding hydrogens is 278 g/mol. The van der Waals surface area contributed by atoms with Crippen molar-refractivity contribution in [3.8, 4) is 0 Å². The standard InChI is InChI=1S/C16H19N5O/c1-19(2)13-6-4-5-7-14(13)20(3)11-12-10-16(22)21-15(18-12)8-9-17-21/h4-10,17H,11H2,1-3H3. The molecule has 0 bridgehead atoms. The summed E-state index contributed by atoms with van der Waals surface area (Å²) >= 11 is 0. The minimum Gasteiger partial charge on any atom is -0.376 e. The van der Waals surface area contributed by atoms with Crippen LogP contribution in [0.1, 0.15) is 5.69 Å². The zero-order chi connectivity index (χ0) is 15.7. The Hall–Kier alpha value is -2.76. The molecule has 0 unspecified atom stereocenters. The lowest BCUT2D eigenvalue weighted by atomic mass is 10.2. The first kappa shape index (κ1) is 14.2. The summed E-state index contributed by atoms with van der Waals surface area (Å²) in [5.41, 5.74) is 3.52. The minimum absolute atomic E-state index is 0.0979. The Kier molecular flexibility index (Phi) is 3.58. The second-order valence-electron chi connectivity index (χ2n) is 5.48. The third-order valence-electron chi connectivity index (χ3n) is 3.61. The molecule has 0 aliphatic rings. The summed E-state index contributed by atoms with van der Waals surface area (Å²) in [6.45, 7) is 0.571. The van der Waals surface area contributed by atoms with Crippen LogP contribution in [-0.4, -0.2) is 35.7 Å². The summed E-state index contributed by atoms with van der Waals surface area (Å²) in [5, 5.41) is 2.85. The number of nitrogens with zero attached hydrogens (tertiary/aromatic N) is 4. The van der Waals surface area contributed by atoms with Crippen LogP contribution in [-0.2, 0) is 6.54 Å². The Morgan fingerprint density at radius 1 is 1.14 bits per heavy atom. The molecule has 6 heteroatoms. The largest absolute Gasteiger partial charge is 0.376 e. The van der Waals surface area contributed by atoms with Crippen molar-refractivity contribution in [2.24, 2.45) is 0 Å².